The zero-order valence-electron chi connectivity index (χ0n) is 22.1. The van der Waals surface area contributed by atoms with Crippen LogP contribution in [0.4, 0.5) is 28.4 Å². The number of methoxy groups -OCH3 is 2. The zero-order chi connectivity index (χ0) is 32.6. The first-order valence-corrected chi connectivity index (χ1v) is 14.5. The molecule has 4 rings (SSSR count). The number of amidine groups is 1. The van der Waals surface area contributed by atoms with Crippen LogP contribution in [-0.4, -0.2) is 61.8 Å². The van der Waals surface area contributed by atoms with E-state index in [0.717, 1.165) is 38.5 Å². The normalized spacial score (nSPS) is 13.1. The number of hydrazone groups is 1. The molecular formula is C22H19N7O13S2. The van der Waals surface area contributed by atoms with Crippen molar-refractivity contribution >= 4 is 60.4 Å². The van der Waals surface area contributed by atoms with Gasteiger partial charge in [0.2, 0.25) is 17.3 Å². The van der Waals surface area contributed by atoms with Crippen molar-refractivity contribution in [3.8, 4) is 11.5 Å². The minimum absolute atomic E-state index is 0.262. The Balaban J connectivity index is 2.04. The number of hydrogen-bond donors (Lipinski definition) is 4. The van der Waals surface area contributed by atoms with Crippen molar-refractivity contribution in [1.82, 2.24) is 5.43 Å². The van der Waals surface area contributed by atoms with Gasteiger partial charge in [0.25, 0.3) is 5.91 Å². The summed E-state index contributed by atoms with van der Waals surface area (Å²) < 4.78 is 80.2. The van der Waals surface area contributed by atoms with Crippen molar-refractivity contribution in [3.63, 3.8) is 0 Å². The van der Waals surface area contributed by atoms with Crippen LogP contribution in [0.1, 0.15) is 0 Å². The number of benzene rings is 3. The summed E-state index contributed by atoms with van der Waals surface area (Å²) in [5.74, 6) is -3.59. The molecule has 3 aromatic carbocycles. The van der Waals surface area contributed by atoms with Gasteiger partial charge in [0.15, 0.2) is 9.79 Å². The fraction of sp³-hybridized carbons (Fsp3) is 0.0909. The molecule has 0 aliphatic carbocycles. The molecule has 0 spiro atoms. The predicted molar refractivity (Wildman–Crippen MR) is 150 cm³/mol. The molecule has 1 aliphatic rings. The lowest BCUT2D eigenvalue weighted by Gasteiger charge is -2.30. The number of amides is 1. The molecule has 0 unspecified atom stereocenters. The van der Waals surface area contributed by atoms with Crippen LogP contribution in [0.5, 0.6) is 11.5 Å². The Hall–Kier alpha value is -5.58. The first-order valence-electron chi connectivity index (χ1n) is 11.6. The Labute approximate surface area is 246 Å². The molecule has 20 nitrogen and oxygen atoms in total. The predicted octanol–water partition coefficient (Wildman–Crippen LogP) is 1.71. The maximum Gasteiger partial charge on any atom is 0.312 e. The molecule has 232 valence electrons. The van der Waals surface area contributed by atoms with Crippen LogP contribution in [0.2, 0.25) is 0 Å². The number of carbonyl (C=O) groups is 1. The SMILES string of the molecule is COc1c([N+](=O)[O-])ccc(N2N=C(C(=O)Nc3ccccc3)NN2c2ccc([N+](=O)[O-])c(OC)c2S(=O)(=O)O)c1S(=O)(=O)O. The van der Waals surface area contributed by atoms with Crippen LogP contribution >= 0.6 is 0 Å². The summed E-state index contributed by atoms with van der Waals surface area (Å²) >= 11 is 0. The molecule has 3 aromatic rings. The number of anilines is 3. The molecule has 0 bridgehead atoms. The molecule has 22 heteroatoms. The highest BCUT2D eigenvalue weighted by molar-refractivity contribution is 7.86. The van der Waals surface area contributed by atoms with Crippen LogP contribution in [-0.2, 0) is 25.0 Å². The summed E-state index contributed by atoms with van der Waals surface area (Å²) in [6, 6.07) is 10.9. The van der Waals surface area contributed by atoms with E-state index in [1.807, 2.05) is 0 Å². The number of ether oxygens (including phenoxy) is 2. The molecule has 0 aromatic heterocycles. The lowest BCUT2D eigenvalue weighted by molar-refractivity contribution is -0.386. The van der Waals surface area contributed by atoms with E-state index in [1.54, 1.807) is 18.2 Å². The largest absolute Gasteiger partial charge is 0.489 e. The second-order valence-electron chi connectivity index (χ2n) is 8.38. The molecule has 1 aliphatic heterocycles. The fourth-order valence-corrected chi connectivity index (χ4v) is 5.71. The van der Waals surface area contributed by atoms with Crippen LogP contribution in [0.25, 0.3) is 0 Å². The van der Waals surface area contributed by atoms with E-state index in [4.69, 9.17) is 9.47 Å². The van der Waals surface area contributed by atoms with Crippen LogP contribution in [0.15, 0.2) is 69.5 Å². The molecule has 0 atom stereocenters. The second kappa shape index (κ2) is 11.6. The monoisotopic (exact) mass is 653 g/mol. The van der Waals surface area contributed by atoms with Gasteiger partial charge in [0.05, 0.1) is 24.1 Å². The third-order valence-electron chi connectivity index (χ3n) is 5.75. The minimum atomic E-state index is -5.41. The number of nitro benzene ring substituents is 2. The summed E-state index contributed by atoms with van der Waals surface area (Å²) in [6.07, 6.45) is 0. The quantitative estimate of drug-likeness (QED) is 0.138. The van der Waals surface area contributed by atoms with Gasteiger partial charge in [0, 0.05) is 17.8 Å². The number of para-hydroxylation sites is 1. The maximum absolute atomic E-state index is 13.1. The standard InChI is InChI=1S/C22H19N7O13S2/c1-41-17-13(28(31)32)8-10-15(19(17)43(35,36)37)26-24-21(22(30)23-12-6-4-3-5-7-12)25-27(26)16-11-9-14(29(33)34)18(42-2)20(16)44(38,39)40/h3-11H,1-2H3,(H,23,30)(H,24,25)(H,35,36,37)(H,38,39,40). The molecule has 0 fully saturated rings. The number of nitro groups is 2. The van der Waals surface area contributed by atoms with Gasteiger partial charge in [-0.2, -0.15) is 22.0 Å². The Kier molecular flexibility index (Phi) is 8.27. The molecule has 0 saturated carbocycles. The van der Waals surface area contributed by atoms with Gasteiger partial charge in [0.1, 0.15) is 11.4 Å². The third kappa shape index (κ3) is 5.84. The van der Waals surface area contributed by atoms with E-state index >= 15 is 0 Å². The summed E-state index contributed by atoms with van der Waals surface area (Å²) in [5, 5.41) is 30.6. The van der Waals surface area contributed by atoms with Crippen LogP contribution in [0.3, 0.4) is 0 Å². The third-order valence-corrected chi connectivity index (χ3v) is 7.57. The Morgan fingerprint density at radius 1 is 0.841 bits per heavy atom. The number of hydrogen-bond acceptors (Lipinski definition) is 15. The average Bonchev–Trinajstić information content (AvgIpc) is 3.40. The smallest absolute Gasteiger partial charge is 0.312 e. The van der Waals surface area contributed by atoms with Crippen LogP contribution in [0, 0.1) is 20.2 Å². The Morgan fingerprint density at radius 3 is 1.77 bits per heavy atom. The van der Waals surface area contributed by atoms with E-state index in [1.165, 1.54) is 12.1 Å². The van der Waals surface area contributed by atoms with Gasteiger partial charge in [-0.25, -0.2) is 0 Å². The fourth-order valence-electron chi connectivity index (χ4n) is 4.03. The molecule has 1 amide bonds. The van der Waals surface area contributed by atoms with Crippen LogP contribution < -0.4 is 30.5 Å². The summed E-state index contributed by atoms with van der Waals surface area (Å²) in [4.78, 5) is 31.8. The molecule has 4 N–H and O–H groups in total. The summed E-state index contributed by atoms with van der Waals surface area (Å²) in [7, 11) is -9.08. The first-order chi connectivity index (χ1) is 20.6. The van der Waals surface area contributed by atoms with Gasteiger partial charge in [-0.05, 0) is 24.3 Å². The second-order valence-corrected chi connectivity index (χ2v) is 11.1. The van der Waals surface area contributed by atoms with Crippen molar-refractivity contribution in [2.45, 2.75) is 9.79 Å². The molecular weight excluding hydrogens is 634 g/mol. The molecule has 0 saturated heterocycles. The summed E-state index contributed by atoms with van der Waals surface area (Å²) in [5.41, 5.74) is -0.642. The van der Waals surface area contributed by atoms with Gasteiger partial charge < -0.3 is 14.8 Å². The van der Waals surface area contributed by atoms with Gasteiger partial charge in [-0.3, -0.25) is 39.6 Å². The van der Waals surface area contributed by atoms with Crippen molar-refractivity contribution in [1.29, 1.82) is 0 Å². The van der Waals surface area contributed by atoms with Crippen molar-refractivity contribution in [2.75, 3.05) is 29.8 Å². The molecule has 1 heterocycles. The highest BCUT2D eigenvalue weighted by Gasteiger charge is 2.41. The number of rotatable bonds is 10. The van der Waals surface area contributed by atoms with E-state index in [9.17, 15) is 51.0 Å². The number of nitrogens with one attached hydrogen (secondary N) is 2. The van der Waals surface area contributed by atoms with Gasteiger partial charge >= 0.3 is 31.6 Å². The number of hydrazine groups is 2. The van der Waals surface area contributed by atoms with E-state index < -0.39 is 85.9 Å². The van der Waals surface area contributed by atoms with Crippen molar-refractivity contribution < 1.29 is 50.1 Å². The van der Waals surface area contributed by atoms with E-state index in [0.29, 0.717) is 10.2 Å². The van der Waals surface area contributed by atoms with Crippen molar-refractivity contribution in [2.24, 2.45) is 5.10 Å². The highest BCUT2D eigenvalue weighted by Crippen LogP contribution is 2.45. The topological polar surface area (TPSA) is 273 Å². The lowest BCUT2D eigenvalue weighted by atomic mass is 10.2. The lowest BCUT2D eigenvalue weighted by Crippen LogP contribution is -2.47. The Morgan fingerprint density at radius 2 is 1.32 bits per heavy atom. The Bertz CT molecular complexity index is 1930. The number of nitrogens with zero attached hydrogens (tertiary/aromatic N) is 5. The molecule has 0 radical (unpaired) electrons. The maximum atomic E-state index is 13.1. The minimum Gasteiger partial charge on any atom is -0.489 e. The van der Waals surface area contributed by atoms with Gasteiger partial charge in [-0.15, -0.1) is 10.2 Å². The highest BCUT2D eigenvalue weighted by atomic mass is 32.2. The zero-order valence-corrected chi connectivity index (χ0v) is 23.8. The van der Waals surface area contributed by atoms with E-state index in [2.05, 4.69) is 15.8 Å². The first kappa shape index (κ1) is 31.4. The van der Waals surface area contributed by atoms with E-state index in [-0.39, 0.29) is 5.69 Å². The molecule has 44 heavy (non-hydrogen) atoms. The van der Waals surface area contributed by atoms with Gasteiger partial charge in [-0.1, -0.05) is 18.2 Å². The number of carbonyl (C=O) groups excluding carboxylic acids is 1. The summed E-state index contributed by atoms with van der Waals surface area (Å²) in [6.45, 7) is 0. The van der Waals surface area contributed by atoms with Crippen molar-refractivity contribution in [3.05, 3.63) is 74.8 Å². The average molecular weight is 654 g/mol.